The van der Waals surface area contributed by atoms with Crippen LogP contribution in [0, 0.1) is 0 Å². The molecule has 9 heteroatoms. The van der Waals surface area contributed by atoms with Crippen molar-refractivity contribution in [3.8, 4) is 11.4 Å². The number of anilines is 1. The molecule has 0 bridgehead atoms. The predicted molar refractivity (Wildman–Crippen MR) is 122 cm³/mol. The highest BCUT2D eigenvalue weighted by Crippen LogP contribution is 2.40. The summed E-state index contributed by atoms with van der Waals surface area (Å²) >= 11 is 0. The van der Waals surface area contributed by atoms with Crippen molar-refractivity contribution in [2.45, 2.75) is 43.5 Å². The zero-order valence-electron chi connectivity index (χ0n) is 18.2. The number of sulfonamides is 1. The summed E-state index contributed by atoms with van der Waals surface area (Å²) in [5, 5.41) is 7.57. The van der Waals surface area contributed by atoms with Crippen molar-refractivity contribution in [1.29, 1.82) is 0 Å². The van der Waals surface area contributed by atoms with Crippen LogP contribution >= 0.6 is 0 Å². The number of nitrogens with zero attached hydrogens (tertiary/aromatic N) is 2. The number of rotatable bonds is 8. The number of para-hydroxylation sites is 1. The Labute approximate surface area is 187 Å². The van der Waals surface area contributed by atoms with Gasteiger partial charge in [-0.2, -0.15) is 5.10 Å². The minimum Gasteiger partial charge on any atom is -0.495 e. The fourth-order valence-electron chi connectivity index (χ4n) is 3.42. The van der Waals surface area contributed by atoms with Crippen molar-refractivity contribution < 1.29 is 17.9 Å². The molecule has 0 unspecified atom stereocenters. The van der Waals surface area contributed by atoms with Crippen molar-refractivity contribution in [3.63, 3.8) is 0 Å². The Morgan fingerprint density at radius 2 is 1.84 bits per heavy atom. The molecule has 1 fully saturated rings. The largest absolute Gasteiger partial charge is 0.495 e. The van der Waals surface area contributed by atoms with E-state index in [1.54, 1.807) is 18.5 Å². The first-order valence-electron chi connectivity index (χ1n) is 10.5. The topological polar surface area (TPSA) is 102 Å². The molecule has 0 radical (unpaired) electrons. The summed E-state index contributed by atoms with van der Waals surface area (Å²) in [7, 11) is -2.46. The van der Waals surface area contributed by atoms with Crippen molar-refractivity contribution in [1.82, 2.24) is 14.5 Å². The maximum absolute atomic E-state index is 13.1. The quantitative estimate of drug-likeness (QED) is 0.540. The number of nitrogens with one attached hydrogen (secondary N) is 2. The molecule has 2 aromatic carbocycles. The molecular weight excluding hydrogens is 428 g/mol. The van der Waals surface area contributed by atoms with Gasteiger partial charge in [-0.25, -0.2) is 17.8 Å². The van der Waals surface area contributed by atoms with E-state index in [1.165, 1.54) is 25.3 Å². The molecule has 0 saturated heterocycles. The Morgan fingerprint density at radius 1 is 1.12 bits per heavy atom. The molecule has 168 valence electrons. The number of carbonyl (C=O) groups excluding carboxylic acids is 1. The number of ether oxygens (including phenoxy) is 1. The van der Waals surface area contributed by atoms with Crippen LogP contribution in [-0.2, 0) is 10.0 Å². The van der Waals surface area contributed by atoms with Gasteiger partial charge < -0.3 is 10.1 Å². The van der Waals surface area contributed by atoms with Gasteiger partial charge in [0.2, 0.25) is 10.0 Å². The van der Waals surface area contributed by atoms with Crippen LogP contribution in [-0.4, -0.2) is 37.3 Å². The summed E-state index contributed by atoms with van der Waals surface area (Å²) in [6.45, 7) is 3.45. The molecule has 4 rings (SSSR count). The second-order valence-electron chi connectivity index (χ2n) is 8.07. The maximum atomic E-state index is 13.1. The Morgan fingerprint density at radius 3 is 2.47 bits per heavy atom. The number of benzene rings is 2. The fourth-order valence-corrected chi connectivity index (χ4v) is 4.87. The van der Waals surface area contributed by atoms with E-state index in [1.807, 2.05) is 36.4 Å². The first-order valence-corrected chi connectivity index (χ1v) is 11.9. The number of hydrogen-bond donors (Lipinski definition) is 2. The van der Waals surface area contributed by atoms with Crippen LogP contribution in [0.25, 0.3) is 5.69 Å². The molecule has 1 aliphatic carbocycles. The van der Waals surface area contributed by atoms with Gasteiger partial charge >= 0.3 is 0 Å². The highest BCUT2D eigenvalue weighted by Gasteiger charge is 2.28. The van der Waals surface area contributed by atoms with Crippen LogP contribution in [0.15, 0.2) is 59.5 Å². The second-order valence-corrected chi connectivity index (χ2v) is 9.75. The molecule has 1 aliphatic rings. The van der Waals surface area contributed by atoms with Crippen molar-refractivity contribution >= 4 is 21.7 Å². The molecule has 0 spiro atoms. The average Bonchev–Trinajstić information content (AvgIpc) is 3.53. The van der Waals surface area contributed by atoms with Gasteiger partial charge in [0.25, 0.3) is 5.91 Å². The normalized spacial score (nSPS) is 13.9. The second kappa shape index (κ2) is 8.76. The lowest BCUT2D eigenvalue weighted by atomic mass is 10.2. The minimum atomic E-state index is -3.85. The van der Waals surface area contributed by atoms with E-state index < -0.39 is 15.9 Å². The van der Waals surface area contributed by atoms with E-state index in [0.29, 0.717) is 11.7 Å². The van der Waals surface area contributed by atoms with E-state index in [0.717, 1.165) is 24.2 Å². The third-order valence-electron chi connectivity index (χ3n) is 5.07. The molecule has 0 atom stereocenters. The molecule has 1 aromatic heterocycles. The molecule has 1 heterocycles. The number of methoxy groups -OCH3 is 1. The Balaban J connectivity index is 1.67. The summed E-state index contributed by atoms with van der Waals surface area (Å²) in [6, 6.07) is 15.5. The van der Waals surface area contributed by atoms with Gasteiger partial charge in [0.05, 0.1) is 18.5 Å². The van der Waals surface area contributed by atoms with Gasteiger partial charge in [-0.05, 0) is 57.0 Å². The smallest absolute Gasteiger partial charge is 0.256 e. The van der Waals surface area contributed by atoms with Gasteiger partial charge in [0, 0.05) is 23.6 Å². The van der Waals surface area contributed by atoms with Gasteiger partial charge in [-0.1, -0.05) is 18.2 Å². The summed E-state index contributed by atoms with van der Waals surface area (Å²) in [4.78, 5) is 13.0. The Bertz CT molecular complexity index is 1230. The highest BCUT2D eigenvalue weighted by atomic mass is 32.2. The minimum absolute atomic E-state index is 0.0865. The third kappa shape index (κ3) is 4.68. The average molecular weight is 455 g/mol. The lowest BCUT2D eigenvalue weighted by Gasteiger charge is -2.14. The van der Waals surface area contributed by atoms with Crippen LogP contribution in [0.3, 0.4) is 0 Å². The van der Waals surface area contributed by atoms with Crippen LogP contribution in [0.1, 0.15) is 48.7 Å². The van der Waals surface area contributed by atoms with Crippen LogP contribution in [0.4, 0.5) is 5.82 Å². The highest BCUT2D eigenvalue weighted by molar-refractivity contribution is 7.89. The van der Waals surface area contributed by atoms with Crippen molar-refractivity contribution in [2.24, 2.45) is 0 Å². The van der Waals surface area contributed by atoms with E-state index in [9.17, 15) is 13.2 Å². The summed E-state index contributed by atoms with van der Waals surface area (Å²) < 4.78 is 34.9. The number of carbonyl (C=O) groups is 1. The maximum Gasteiger partial charge on any atom is 0.256 e. The van der Waals surface area contributed by atoms with Gasteiger partial charge in [-0.15, -0.1) is 0 Å². The molecular formula is C23H26N4O4S. The SMILES string of the molecule is COc1ccc(C(=O)Nc2cc(C3CC3)nn2-c2ccccc2)cc1S(=O)(=O)NC(C)C. The Kier molecular flexibility index (Phi) is 6.03. The summed E-state index contributed by atoms with van der Waals surface area (Å²) in [5.74, 6) is 0.673. The van der Waals surface area contributed by atoms with E-state index in [-0.39, 0.29) is 22.3 Å². The summed E-state index contributed by atoms with van der Waals surface area (Å²) in [5.41, 5.74) is 1.96. The molecule has 0 aliphatic heterocycles. The monoisotopic (exact) mass is 454 g/mol. The molecule has 1 saturated carbocycles. The van der Waals surface area contributed by atoms with E-state index >= 15 is 0 Å². The van der Waals surface area contributed by atoms with Crippen LogP contribution in [0.5, 0.6) is 5.75 Å². The van der Waals surface area contributed by atoms with Gasteiger partial charge in [0.15, 0.2) is 0 Å². The number of amides is 1. The van der Waals surface area contributed by atoms with E-state index in [4.69, 9.17) is 4.74 Å². The zero-order chi connectivity index (χ0) is 22.9. The Hall–Kier alpha value is -3.17. The lowest BCUT2D eigenvalue weighted by molar-refractivity contribution is 0.102. The van der Waals surface area contributed by atoms with Gasteiger partial charge in [0.1, 0.15) is 16.5 Å². The molecule has 8 nitrogen and oxygen atoms in total. The lowest BCUT2D eigenvalue weighted by Crippen LogP contribution is -2.30. The summed E-state index contributed by atoms with van der Waals surface area (Å²) in [6.07, 6.45) is 2.17. The molecule has 3 aromatic rings. The van der Waals surface area contributed by atoms with Gasteiger partial charge in [-0.3, -0.25) is 4.79 Å². The van der Waals surface area contributed by atoms with Crippen LogP contribution < -0.4 is 14.8 Å². The molecule has 32 heavy (non-hydrogen) atoms. The fraction of sp³-hybridized carbons (Fsp3) is 0.304. The standard InChI is InChI=1S/C23H26N4O4S/c1-15(2)26-32(29,30)21-13-17(11-12-20(21)31-3)23(28)24-22-14-19(16-9-10-16)25-27(22)18-7-5-4-6-8-18/h4-8,11-16,26H,9-10H2,1-3H3,(H,24,28). The van der Waals surface area contributed by atoms with Crippen LogP contribution in [0.2, 0.25) is 0 Å². The number of aromatic nitrogens is 2. The van der Waals surface area contributed by atoms with E-state index in [2.05, 4.69) is 15.1 Å². The molecule has 1 amide bonds. The van der Waals surface area contributed by atoms with Crippen molar-refractivity contribution in [2.75, 3.05) is 12.4 Å². The molecule has 2 N–H and O–H groups in total. The predicted octanol–water partition coefficient (Wildman–Crippen LogP) is 3.70. The zero-order valence-corrected chi connectivity index (χ0v) is 19.0. The van der Waals surface area contributed by atoms with Crippen molar-refractivity contribution in [3.05, 3.63) is 65.9 Å². The first kappa shape index (κ1) is 22.0. The number of hydrogen-bond acceptors (Lipinski definition) is 5. The first-order chi connectivity index (χ1) is 15.3. The third-order valence-corrected chi connectivity index (χ3v) is 6.75.